The van der Waals surface area contributed by atoms with Crippen molar-refractivity contribution < 1.29 is 4.79 Å². The highest BCUT2D eigenvalue weighted by molar-refractivity contribution is 7.16. The van der Waals surface area contributed by atoms with Crippen molar-refractivity contribution in [1.29, 1.82) is 0 Å². The summed E-state index contributed by atoms with van der Waals surface area (Å²) in [5.74, 6) is 0.635. The van der Waals surface area contributed by atoms with Gasteiger partial charge in [-0.3, -0.25) is 9.78 Å². The number of anilines is 2. The number of pyridine rings is 2. The van der Waals surface area contributed by atoms with Crippen LogP contribution >= 0.6 is 11.3 Å². The van der Waals surface area contributed by atoms with Gasteiger partial charge in [-0.25, -0.2) is 4.98 Å². The molecule has 0 aliphatic carbocycles. The van der Waals surface area contributed by atoms with Crippen molar-refractivity contribution >= 4 is 28.1 Å². The molecular formula is C24H22N4OS. The molecular weight excluding hydrogens is 392 g/mol. The van der Waals surface area contributed by atoms with E-state index >= 15 is 0 Å². The molecule has 4 aromatic rings. The Morgan fingerprint density at radius 3 is 2.47 bits per heavy atom. The number of amides is 1. The quantitative estimate of drug-likeness (QED) is 0.430. The molecule has 2 N–H and O–H groups in total. The molecule has 0 fully saturated rings. The summed E-state index contributed by atoms with van der Waals surface area (Å²) in [6.45, 7) is 4.16. The molecule has 0 aliphatic heterocycles. The first-order chi connectivity index (χ1) is 14.6. The highest BCUT2D eigenvalue weighted by atomic mass is 32.1. The number of hydrogen-bond donors (Lipinski definition) is 2. The van der Waals surface area contributed by atoms with E-state index < -0.39 is 0 Å². The predicted octanol–water partition coefficient (Wildman–Crippen LogP) is 5.61. The van der Waals surface area contributed by atoms with E-state index in [2.05, 4.69) is 34.4 Å². The molecule has 1 amide bonds. The van der Waals surface area contributed by atoms with E-state index in [1.807, 2.05) is 66.9 Å². The minimum Gasteiger partial charge on any atom is -0.359 e. The Morgan fingerprint density at radius 1 is 0.967 bits per heavy atom. The highest BCUT2D eigenvalue weighted by Crippen LogP contribution is 2.40. The Balaban J connectivity index is 1.76. The maximum atomic E-state index is 12.9. The molecule has 0 aliphatic rings. The van der Waals surface area contributed by atoms with E-state index in [9.17, 15) is 4.79 Å². The van der Waals surface area contributed by atoms with Gasteiger partial charge in [-0.15, -0.1) is 11.3 Å². The van der Waals surface area contributed by atoms with Crippen LogP contribution in [0.1, 0.15) is 38.0 Å². The van der Waals surface area contributed by atoms with Crippen LogP contribution in [0.4, 0.5) is 10.8 Å². The van der Waals surface area contributed by atoms with Gasteiger partial charge in [0.25, 0.3) is 5.91 Å². The van der Waals surface area contributed by atoms with E-state index in [1.54, 1.807) is 23.7 Å². The Hall–Kier alpha value is -3.51. The number of aromatic nitrogens is 2. The lowest BCUT2D eigenvalue weighted by Gasteiger charge is -2.22. The first-order valence-electron chi connectivity index (χ1n) is 9.67. The number of aryl methyl sites for hydroxylation is 1. The molecule has 3 heterocycles. The van der Waals surface area contributed by atoms with Crippen LogP contribution in [0.3, 0.4) is 0 Å². The average Bonchev–Trinajstić information content (AvgIpc) is 3.07. The van der Waals surface area contributed by atoms with Crippen molar-refractivity contribution in [3.05, 3.63) is 106 Å². The molecule has 0 radical (unpaired) electrons. The first kappa shape index (κ1) is 19.8. The molecule has 150 valence electrons. The molecule has 5 nitrogen and oxygen atoms in total. The molecule has 4 rings (SSSR count). The largest absolute Gasteiger partial charge is 0.359 e. The van der Waals surface area contributed by atoms with E-state index in [0.29, 0.717) is 5.56 Å². The van der Waals surface area contributed by atoms with Crippen molar-refractivity contribution in [3.63, 3.8) is 0 Å². The normalized spacial score (nSPS) is 11.7. The van der Waals surface area contributed by atoms with E-state index in [1.165, 1.54) is 0 Å². The average molecular weight is 415 g/mol. The maximum Gasteiger partial charge on any atom is 0.256 e. The van der Waals surface area contributed by atoms with Gasteiger partial charge in [-0.05, 0) is 55.3 Å². The monoisotopic (exact) mass is 414 g/mol. The highest BCUT2D eigenvalue weighted by Gasteiger charge is 2.25. The van der Waals surface area contributed by atoms with Crippen molar-refractivity contribution in [1.82, 2.24) is 9.97 Å². The van der Waals surface area contributed by atoms with Gasteiger partial charge in [-0.1, -0.05) is 30.3 Å². The predicted molar refractivity (Wildman–Crippen MR) is 122 cm³/mol. The van der Waals surface area contributed by atoms with Crippen molar-refractivity contribution in [2.75, 3.05) is 10.6 Å². The van der Waals surface area contributed by atoms with Gasteiger partial charge in [0, 0.05) is 34.6 Å². The van der Waals surface area contributed by atoms with Gasteiger partial charge in [0.15, 0.2) is 0 Å². The van der Waals surface area contributed by atoms with Gasteiger partial charge >= 0.3 is 0 Å². The van der Waals surface area contributed by atoms with Crippen LogP contribution in [-0.4, -0.2) is 15.9 Å². The molecule has 0 saturated heterocycles. The number of carbonyl (C=O) groups excluding carboxylic acids is 1. The molecule has 6 heteroatoms. The van der Waals surface area contributed by atoms with E-state index in [4.69, 9.17) is 0 Å². The molecule has 0 bridgehead atoms. The minimum absolute atomic E-state index is 0.124. The number of rotatable bonds is 6. The summed E-state index contributed by atoms with van der Waals surface area (Å²) in [5, 5.41) is 7.48. The summed E-state index contributed by atoms with van der Waals surface area (Å²) in [4.78, 5) is 22.7. The number of thiophene rings is 1. The number of benzene rings is 1. The SMILES string of the molecule is Cc1sc(NC(=O)c2ccccc2)c([C@H](Nc2ccccn2)c2cccnc2)c1C. The molecule has 3 aromatic heterocycles. The van der Waals surface area contributed by atoms with Crippen molar-refractivity contribution in [2.45, 2.75) is 19.9 Å². The van der Waals surface area contributed by atoms with E-state index in [0.717, 1.165) is 32.4 Å². The molecule has 1 aromatic carbocycles. The fourth-order valence-electron chi connectivity index (χ4n) is 3.31. The Kier molecular flexibility index (Phi) is 5.86. The summed E-state index contributed by atoms with van der Waals surface area (Å²) in [7, 11) is 0. The number of carbonyl (C=O) groups is 1. The second-order valence-electron chi connectivity index (χ2n) is 6.92. The first-order valence-corrected chi connectivity index (χ1v) is 10.5. The summed E-state index contributed by atoms with van der Waals surface area (Å²) in [6.07, 6.45) is 5.35. The summed E-state index contributed by atoms with van der Waals surface area (Å²) >= 11 is 1.58. The van der Waals surface area contributed by atoms with Crippen LogP contribution in [0, 0.1) is 13.8 Å². The fraction of sp³-hybridized carbons (Fsp3) is 0.125. The van der Waals surface area contributed by atoms with Crippen molar-refractivity contribution in [3.8, 4) is 0 Å². The van der Waals surface area contributed by atoms with Crippen LogP contribution in [-0.2, 0) is 0 Å². The maximum absolute atomic E-state index is 12.9. The van der Waals surface area contributed by atoms with Gasteiger partial charge in [0.1, 0.15) is 10.8 Å². The van der Waals surface area contributed by atoms with E-state index in [-0.39, 0.29) is 11.9 Å². The zero-order valence-electron chi connectivity index (χ0n) is 16.8. The lowest BCUT2D eigenvalue weighted by atomic mass is 9.97. The van der Waals surface area contributed by atoms with Crippen LogP contribution in [0.2, 0.25) is 0 Å². The Morgan fingerprint density at radius 2 is 1.77 bits per heavy atom. The van der Waals surface area contributed by atoms with Crippen LogP contribution in [0.5, 0.6) is 0 Å². The lowest BCUT2D eigenvalue weighted by Crippen LogP contribution is -2.18. The molecule has 0 saturated carbocycles. The summed E-state index contributed by atoms with van der Waals surface area (Å²) in [5.41, 5.74) is 3.79. The van der Waals surface area contributed by atoms with Gasteiger partial charge < -0.3 is 10.6 Å². The number of nitrogens with one attached hydrogen (secondary N) is 2. The van der Waals surface area contributed by atoms with Gasteiger partial charge in [0.2, 0.25) is 0 Å². The van der Waals surface area contributed by atoms with Gasteiger partial charge in [0.05, 0.1) is 6.04 Å². The summed E-state index contributed by atoms with van der Waals surface area (Å²) < 4.78 is 0. The van der Waals surface area contributed by atoms with Crippen LogP contribution in [0.15, 0.2) is 79.3 Å². The number of nitrogens with zero attached hydrogens (tertiary/aromatic N) is 2. The molecule has 1 atom stereocenters. The third kappa shape index (κ3) is 4.23. The minimum atomic E-state index is -0.204. The number of hydrogen-bond acceptors (Lipinski definition) is 5. The molecule has 0 unspecified atom stereocenters. The smallest absolute Gasteiger partial charge is 0.256 e. The zero-order chi connectivity index (χ0) is 20.9. The fourth-order valence-corrected chi connectivity index (χ4v) is 4.41. The summed E-state index contributed by atoms with van der Waals surface area (Å²) in [6, 6.07) is 18.8. The third-order valence-corrected chi connectivity index (χ3v) is 6.10. The van der Waals surface area contributed by atoms with Crippen LogP contribution < -0.4 is 10.6 Å². The molecule has 0 spiro atoms. The lowest BCUT2D eigenvalue weighted by molar-refractivity contribution is 0.102. The molecule has 30 heavy (non-hydrogen) atoms. The second kappa shape index (κ2) is 8.88. The second-order valence-corrected chi connectivity index (χ2v) is 8.15. The van der Waals surface area contributed by atoms with Crippen LogP contribution in [0.25, 0.3) is 0 Å². The topological polar surface area (TPSA) is 66.9 Å². The Labute approximate surface area is 179 Å². The van der Waals surface area contributed by atoms with Crippen molar-refractivity contribution in [2.24, 2.45) is 0 Å². The standard InChI is InChI=1S/C24H22N4OS/c1-16-17(2)30-24(28-23(29)18-9-4-3-5-10-18)21(16)22(19-11-8-13-25-15-19)27-20-12-6-7-14-26-20/h3-15,22H,1-2H3,(H,26,27)(H,28,29)/t22-/m1/s1. The Bertz CT molecular complexity index is 1130. The zero-order valence-corrected chi connectivity index (χ0v) is 17.6. The third-order valence-electron chi connectivity index (χ3n) is 4.96. The van der Waals surface area contributed by atoms with Gasteiger partial charge in [-0.2, -0.15) is 0 Å².